The molecule has 0 aromatic carbocycles. The van der Waals surface area contributed by atoms with Crippen LogP contribution < -0.4 is 0 Å². The van der Waals surface area contributed by atoms with E-state index in [1.54, 1.807) is 0 Å². The molecule has 2 saturated carbocycles. The maximum Gasteiger partial charge on any atom is 0.0896 e. The Morgan fingerprint density at radius 2 is 1.79 bits per heavy atom. The van der Waals surface area contributed by atoms with Crippen molar-refractivity contribution in [3.05, 3.63) is 0 Å². The zero-order valence-corrected chi connectivity index (χ0v) is 12.7. The van der Waals surface area contributed by atoms with Crippen LogP contribution in [0.1, 0.15) is 47.0 Å². The fourth-order valence-corrected chi connectivity index (χ4v) is 5.19. The molecule has 0 aromatic rings. The molecule has 3 atom stereocenters. The van der Waals surface area contributed by atoms with Crippen LogP contribution in [0.25, 0.3) is 0 Å². The van der Waals surface area contributed by atoms with Crippen LogP contribution in [-0.4, -0.2) is 3.23 Å². The lowest BCUT2D eigenvalue weighted by atomic mass is 9.70. The number of alkyl halides is 2. The minimum atomic E-state index is 0.257. The highest BCUT2D eigenvalue weighted by Gasteiger charge is 2.72. The summed E-state index contributed by atoms with van der Waals surface area (Å²) in [5, 5.41) is 0. The van der Waals surface area contributed by atoms with Crippen molar-refractivity contribution in [3.63, 3.8) is 0 Å². The molecule has 0 bridgehead atoms. The quantitative estimate of drug-likeness (QED) is 0.553. The second-order valence-electron chi connectivity index (χ2n) is 6.43. The van der Waals surface area contributed by atoms with Gasteiger partial charge in [0, 0.05) is 0 Å². The highest BCUT2D eigenvalue weighted by Crippen LogP contribution is 2.77. The van der Waals surface area contributed by atoms with E-state index in [1.165, 1.54) is 19.3 Å². The molecular formula is C12H20Br2. The molecule has 0 unspecified atom stereocenters. The summed E-state index contributed by atoms with van der Waals surface area (Å²) in [6.07, 6.45) is 4.15. The third kappa shape index (κ3) is 1.43. The summed E-state index contributed by atoms with van der Waals surface area (Å²) in [5.41, 5.74) is 1.01. The largest absolute Gasteiger partial charge is 0.0896 e. The van der Waals surface area contributed by atoms with Crippen molar-refractivity contribution in [1.82, 2.24) is 0 Å². The maximum atomic E-state index is 3.85. The summed E-state index contributed by atoms with van der Waals surface area (Å²) in [7, 11) is 0. The zero-order chi connectivity index (χ0) is 10.8. The van der Waals surface area contributed by atoms with E-state index in [1.807, 2.05) is 0 Å². The van der Waals surface area contributed by atoms with Gasteiger partial charge in [0.25, 0.3) is 0 Å². The predicted octanol–water partition coefficient (Wildman–Crippen LogP) is 4.95. The average Bonchev–Trinajstić information content (AvgIpc) is 2.44. The minimum Gasteiger partial charge on any atom is -0.0718 e. The summed E-state index contributed by atoms with van der Waals surface area (Å²) in [6.45, 7) is 9.56. The van der Waals surface area contributed by atoms with Gasteiger partial charge in [0.05, 0.1) is 3.23 Å². The number of hydrogen-bond donors (Lipinski definition) is 0. The molecule has 2 heteroatoms. The van der Waals surface area contributed by atoms with Gasteiger partial charge in [-0.2, -0.15) is 0 Å². The van der Waals surface area contributed by atoms with Crippen molar-refractivity contribution < 1.29 is 0 Å². The second-order valence-corrected chi connectivity index (χ2v) is 10.00. The van der Waals surface area contributed by atoms with Gasteiger partial charge in [-0.1, -0.05) is 59.6 Å². The molecule has 0 heterocycles. The Bertz CT molecular complexity index is 252. The molecule has 14 heavy (non-hydrogen) atoms. The Hall–Kier alpha value is 0.960. The van der Waals surface area contributed by atoms with Crippen LogP contribution in [0.2, 0.25) is 0 Å². The zero-order valence-electron chi connectivity index (χ0n) is 9.53. The number of halogens is 2. The van der Waals surface area contributed by atoms with Gasteiger partial charge in [-0.15, -0.1) is 0 Å². The van der Waals surface area contributed by atoms with Gasteiger partial charge in [0.15, 0.2) is 0 Å². The van der Waals surface area contributed by atoms with Gasteiger partial charge >= 0.3 is 0 Å². The molecule has 0 spiro atoms. The van der Waals surface area contributed by atoms with E-state index in [0.717, 1.165) is 11.8 Å². The Morgan fingerprint density at radius 3 is 2.21 bits per heavy atom. The molecule has 0 nitrogen and oxygen atoms in total. The summed E-state index contributed by atoms with van der Waals surface area (Å²) in [4.78, 5) is 0. The maximum absolute atomic E-state index is 3.85. The summed E-state index contributed by atoms with van der Waals surface area (Å²) in [5.74, 6) is 1.74. The van der Waals surface area contributed by atoms with Crippen molar-refractivity contribution in [2.75, 3.05) is 0 Å². The van der Waals surface area contributed by atoms with Crippen LogP contribution in [0.3, 0.4) is 0 Å². The molecule has 0 amide bonds. The van der Waals surface area contributed by atoms with Crippen LogP contribution in [0.4, 0.5) is 0 Å². The first-order valence-corrected chi connectivity index (χ1v) is 7.16. The molecule has 0 aliphatic heterocycles. The van der Waals surface area contributed by atoms with Crippen molar-refractivity contribution in [1.29, 1.82) is 0 Å². The monoisotopic (exact) mass is 322 g/mol. The van der Waals surface area contributed by atoms with Crippen LogP contribution in [0.15, 0.2) is 0 Å². The number of fused-ring (bicyclic) bond motifs is 1. The first-order valence-electron chi connectivity index (χ1n) is 5.57. The van der Waals surface area contributed by atoms with E-state index in [0.29, 0.717) is 10.8 Å². The van der Waals surface area contributed by atoms with Crippen molar-refractivity contribution >= 4 is 31.9 Å². The standard InChI is InChI=1S/C12H20Br2/c1-10(2,3)8-5-6-11(4)9(7-8)12(11,13)14/h8-9H,5-7H2,1-4H3/t8-,9+,11-/m1/s1. The van der Waals surface area contributed by atoms with Gasteiger partial charge in [0.2, 0.25) is 0 Å². The third-order valence-electron chi connectivity index (χ3n) is 4.64. The van der Waals surface area contributed by atoms with Gasteiger partial charge in [0.1, 0.15) is 0 Å². The first kappa shape index (κ1) is 11.4. The van der Waals surface area contributed by atoms with Gasteiger partial charge in [-0.25, -0.2) is 0 Å². The fourth-order valence-electron chi connectivity index (χ4n) is 3.09. The molecule has 0 radical (unpaired) electrons. The van der Waals surface area contributed by atoms with E-state index < -0.39 is 0 Å². The second kappa shape index (κ2) is 3.00. The van der Waals surface area contributed by atoms with Crippen LogP contribution in [0, 0.1) is 22.7 Å². The highest BCUT2D eigenvalue weighted by atomic mass is 79.9. The third-order valence-corrected chi connectivity index (χ3v) is 7.56. The summed E-state index contributed by atoms with van der Waals surface area (Å²) >= 11 is 7.69. The molecule has 2 fully saturated rings. The number of rotatable bonds is 0. The molecule has 82 valence electrons. The molecule has 0 N–H and O–H groups in total. The van der Waals surface area contributed by atoms with E-state index in [-0.39, 0.29) is 3.23 Å². The lowest BCUT2D eigenvalue weighted by Gasteiger charge is -2.35. The normalized spacial score (nSPS) is 45.9. The minimum absolute atomic E-state index is 0.257. The van der Waals surface area contributed by atoms with E-state index in [9.17, 15) is 0 Å². The molecule has 2 rings (SSSR count). The lowest BCUT2D eigenvalue weighted by Crippen LogP contribution is -2.25. The lowest BCUT2D eigenvalue weighted by molar-refractivity contribution is 0.151. The van der Waals surface area contributed by atoms with Crippen molar-refractivity contribution in [2.45, 2.75) is 50.2 Å². The van der Waals surface area contributed by atoms with Crippen molar-refractivity contribution in [3.8, 4) is 0 Å². The van der Waals surface area contributed by atoms with Gasteiger partial charge in [-0.05, 0) is 41.9 Å². The Kier molecular flexibility index (Phi) is 2.45. The smallest absolute Gasteiger partial charge is 0.0718 e. The molecule has 0 saturated heterocycles. The Balaban J connectivity index is 2.09. The molecular weight excluding hydrogens is 304 g/mol. The SMILES string of the molecule is CC(C)(C)[C@@H]1CC[C@]2(C)[C@H](C1)C2(Br)Br. The fraction of sp³-hybridized carbons (Fsp3) is 1.00. The highest BCUT2D eigenvalue weighted by molar-refractivity contribution is 9.25. The average molecular weight is 324 g/mol. The van der Waals surface area contributed by atoms with Crippen LogP contribution in [0.5, 0.6) is 0 Å². The van der Waals surface area contributed by atoms with Crippen LogP contribution >= 0.6 is 31.9 Å². The first-order chi connectivity index (χ1) is 6.19. The molecule has 0 aromatic heterocycles. The Morgan fingerprint density at radius 1 is 1.21 bits per heavy atom. The van der Waals surface area contributed by atoms with E-state index in [4.69, 9.17) is 0 Å². The Labute approximate surface area is 104 Å². The predicted molar refractivity (Wildman–Crippen MR) is 69.0 cm³/mol. The van der Waals surface area contributed by atoms with Gasteiger partial charge < -0.3 is 0 Å². The van der Waals surface area contributed by atoms with E-state index in [2.05, 4.69) is 59.6 Å². The summed E-state index contributed by atoms with van der Waals surface area (Å²) < 4.78 is 0.257. The molecule has 2 aliphatic rings. The number of hydrogen-bond acceptors (Lipinski definition) is 0. The topological polar surface area (TPSA) is 0 Å². The molecule has 2 aliphatic carbocycles. The van der Waals surface area contributed by atoms with Crippen molar-refractivity contribution in [2.24, 2.45) is 22.7 Å². The van der Waals surface area contributed by atoms with E-state index >= 15 is 0 Å². The summed E-state index contributed by atoms with van der Waals surface area (Å²) in [6, 6.07) is 0. The van der Waals surface area contributed by atoms with Gasteiger partial charge in [-0.3, -0.25) is 0 Å². The van der Waals surface area contributed by atoms with Crippen LogP contribution in [-0.2, 0) is 0 Å².